The molecule has 5 aliphatic carbocycles. The largest absolute Gasteiger partial charge is 0.465 e. The molecule has 1 aromatic heterocycles. The van der Waals surface area contributed by atoms with Crippen LogP contribution in [0.25, 0.3) is 0 Å². The topological polar surface area (TPSA) is 118 Å². The Morgan fingerprint density at radius 1 is 0.927 bits per heavy atom. The van der Waals surface area contributed by atoms with E-state index in [4.69, 9.17) is 4.74 Å². The van der Waals surface area contributed by atoms with Gasteiger partial charge in [0, 0.05) is 12.7 Å². The highest BCUT2D eigenvalue weighted by atomic mass is 19.1. The third kappa shape index (κ3) is 6.64. The number of esters is 1. The van der Waals surface area contributed by atoms with Gasteiger partial charge in [-0.25, -0.2) is 9.18 Å². The number of nitrogens with zero attached hydrogens (tertiary/aromatic N) is 1. The molecule has 10 atom stereocenters. The molecule has 2 aromatic rings. The van der Waals surface area contributed by atoms with Gasteiger partial charge < -0.3 is 20.5 Å². The highest BCUT2D eigenvalue weighted by molar-refractivity contribution is 5.94. The zero-order chi connectivity index (χ0) is 39.5. The Bertz CT molecular complexity index is 1830. The number of fused-ring (bicyclic) bond motifs is 7. The summed E-state index contributed by atoms with van der Waals surface area (Å²) in [6, 6.07) is 7.72. The second-order valence-corrected chi connectivity index (χ2v) is 19.1. The normalized spacial score (nSPS) is 36.0. The second kappa shape index (κ2) is 14.7. The Labute approximate surface area is 326 Å². The highest BCUT2D eigenvalue weighted by Crippen LogP contribution is 2.73. The Hall–Kier alpha value is -3.59. The van der Waals surface area contributed by atoms with Gasteiger partial charge in [-0.15, -0.1) is 0 Å². The third-order valence-corrected chi connectivity index (χ3v) is 16.3. The molecule has 8 nitrogen and oxygen atoms in total. The first kappa shape index (κ1) is 39.6. The Balaban J connectivity index is 1.02. The minimum atomic E-state index is -0.620. The summed E-state index contributed by atoms with van der Waals surface area (Å²) in [6.45, 7) is 16.9. The van der Waals surface area contributed by atoms with Crippen molar-refractivity contribution < 1.29 is 28.6 Å². The summed E-state index contributed by atoms with van der Waals surface area (Å²) in [5.41, 5.74) is 2.71. The number of ether oxygens (including phenoxy) is 1. The Kier molecular flexibility index (Phi) is 10.6. The molecular weight excluding hydrogens is 694 g/mol. The zero-order valence-corrected chi connectivity index (χ0v) is 33.8. The molecule has 55 heavy (non-hydrogen) atoms. The lowest BCUT2D eigenvalue weighted by Crippen LogP contribution is -2.64. The van der Waals surface area contributed by atoms with Gasteiger partial charge in [-0.2, -0.15) is 0 Å². The summed E-state index contributed by atoms with van der Waals surface area (Å²) in [7, 11) is 1.29. The molecule has 298 valence electrons. The highest BCUT2D eigenvalue weighted by Gasteiger charge is 2.68. The molecule has 5 saturated carbocycles. The van der Waals surface area contributed by atoms with Crippen LogP contribution in [0.2, 0.25) is 0 Å². The van der Waals surface area contributed by atoms with Crippen molar-refractivity contribution in [2.45, 2.75) is 118 Å². The molecule has 5 fully saturated rings. The minimum Gasteiger partial charge on any atom is -0.465 e. The van der Waals surface area contributed by atoms with Crippen LogP contribution in [0.15, 0.2) is 48.7 Å². The van der Waals surface area contributed by atoms with Gasteiger partial charge in [0.1, 0.15) is 5.82 Å². The van der Waals surface area contributed by atoms with E-state index in [2.05, 4.69) is 56.8 Å². The van der Waals surface area contributed by atoms with Gasteiger partial charge in [0.05, 0.1) is 42.0 Å². The van der Waals surface area contributed by atoms with Crippen LogP contribution < -0.4 is 10.6 Å². The summed E-state index contributed by atoms with van der Waals surface area (Å²) in [4.78, 5) is 43.4. The van der Waals surface area contributed by atoms with E-state index in [-0.39, 0.29) is 46.3 Å². The number of aliphatic hydroxyl groups excluding tert-OH is 1. The van der Waals surface area contributed by atoms with E-state index in [0.29, 0.717) is 53.8 Å². The molecule has 10 unspecified atom stereocenters. The number of nitrogens with one attached hydrogen (secondary N) is 2. The number of hydrogen-bond acceptors (Lipinski definition) is 6. The molecule has 1 heterocycles. The summed E-state index contributed by atoms with van der Waals surface area (Å²) >= 11 is 0. The smallest absolute Gasteiger partial charge is 0.339 e. The standard InChI is InChI=1S/C46H62FN3O5/c1-27(2)31-14-21-46(22-15-34-32(39(31)46)11-13-37-44(34,5)19-16-36-43(3,4)38(51)17-20-45(36,37)6)42(54)48-23-18-28-8-12-35(47)33(24-28)40(52)50-26-30-10-9-29(25-49-30)41(53)55-7/h8-10,12,24-25,31-32,34,36-39,51H,1,11,13-23,26H2,2-7H3,(H,48,54)(H,50,52). The van der Waals surface area contributed by atoms with Crippen molar-refractivity contribution in [3.8, 4) is 0 Å². The van der Waals surface area contributed by atoms with Gasteiger partial charge >= 0.3 is 5.97 Å². The van der Waals surface area contributed by atoms with Crippen molar-refractivity contribution in [3.63, 3.8) is 0 Å². The van der Waals surface area contributed by atoms with Crippen LogP contribution in [0.4, 0.5) is 4.39 Å². The number of carbonyl (C=O) groups is 3. The molecule has 0 spiro atoms. The van der Waals surface area contributed by atoms with Crippen molar-refractivity contribution >= 4 is 17.8 Å². The molecule has 0 radical (unpaired) electrons. The van der Waals surface area contributed by atoms with Crippen LogP contribution in [0.1, 0.15) is 131 Å². The SMILES string of the molecule is C=C(C)C1CCC2(C(=O)NCCc3ccc(F)c(C(=O)NCc4ccc(C(=O)OC)cn4)c3)CCC3C(CCC4C3(C)CCC3C(C)(C)C(O)CCC34C)C12. The fraction of sp³-hybridized carbons (Fsp3) is 0.652. The number of methoxy groups -OCH3 is 1. The third-order valence-electron chi connectivity index (χ3n) is 16.3. The molecule has 3 N–H and O–H groups in total. The number of hydrogen-bond donors (Lipinski definition) is 3. The summed E-state index contributed by atoms with van der Waals surface area (Å²) in [5, 5.41) is 17.1. The van der Waals surface area contributed by atoms with Crippen LogP contribution in [0.5, 0.6) is 0 Å². The van der Waals surface area contributed by atoms with Gasteiger partial charge in [-0.05, 0) is 159 Å². The molecular formula is C46H62FN3O5. The number of pyridine rings is 1. The van der Waals surface area contributed by atoms with E-state index in [1.165, 1.54) is 44.2 Å². The fourth-order valence-electron chi connectivity index (χ4n) is 13.6. The summed E-state index contributed by atoms with van der Waals surface area (Å²) in [5.74, 6) is 1.34. The van der Waals surface area contributed by atoms with E-state index >= 15 is 0 Å². The molecule has 9 heteroatoms. The van der Waals surface area contributed by atoms with E-state index in [1.807, 2.05) is 0 Å². The first-order valence-corrected chi connectivity index (χ1v) is 20.8. The zero-order valence-electron chi connectivity index (χ0n) is 33.8. The van der Waals surface area contributed by atoms with Crippen LogP contribution >= 0.6 is 0 Å². The van der Waals surface area contributed by atoms with Gasteiger partial charge in [0.2, 0.25) is 5.91 Å². The maximum atomic E-state index is 14.9. The molecule has 0 aliphatic heterocycles. The predicted octanol–water partition coefficient (Wildman–Crippen LogP) is 8.22. The first-order valence-electron chi connectivity index (χ1n) is 20.8. The first-order chi connectivity index (χ1) is 26.1. The molecule has 0 saturated heterocycles. The van der Waals surface area contributed by atoms with Crippen LogP contribution in [0, 0.1) is 63.0 Å². The number of aromatic nitrogens is 1. The van der Waals surface area contributed by atoms with E-state index in [9.17, 15) is 23.9 Å². The van der Waals surface area contributed by atoms with E-state index in [0.717, 1.165) is 50.5 Å². The molecule has 7 rings (SSSR count). The monoisotopic (exact) mass is 755 g/mol. The van der Waals surface area contributed by atoms with Crippen molar-refractivity contribution in [1.82, 2.24) is 15.6 Å². The molecule has 5 aliphatic rings. The number of benzene rings is 1. The fourth-order valence-corrected chi connectivity index (χ4v) is 13.6. The molecule has 1 aromatic carbocycles. The van der Waals surface area contributed by atoms with Crippen LogP contribution in [0.3, 0.4) is 0 Å². The lowest BCUT2D eigenvalue weighted by atomic mass is 9.36. The second-order valence-electron chi connectivity index (χ2n) is 19.1. The number of aliphatic hydroxyl groups is 1. The number of halogens is 1. The average Bonchev–Trinajstić information content (AvgIpc) is 3.58. The van der Waals surface area contributed by atoms with Crippen molar-refractivity contribution in [2.24, 2.45) is 57.2 Å². The van der Waals surface area contributed by atoms with Gasteiger partial charge in [-0.3, -0.25) is 14.6 Å². The summed E-state index contributed by atoms with van der Waals surface area (Å²) in [6.07, 6.45) is 12.2. The van der Waals surface area contributed by atoms with Crippen molar-refractivity contribution in [2.75, 3.05) is 13.7 Å². The van der Waals surface area contributed by atoms with E-state index in [1.54, 1.807) is 24.3 Å². The Morgan fingerprint density at radius 3 is 2.38 bits per heavy atom. The van der Waals surface area contributed by atoms with Gasteiger partial charge in [0.25, 0.3) is 5.91 Å². The van der Waals surface area contributed by atoms with Crippen LogP contribution in [-0.2, 0) is 22.5 Å². The van der Waals surface area contributed by atoms with Crippen molar-refractivity contribution in [1.29, 1.82) is 0 Å². The lowest BCUT2D eigenvalue weighted by Gasteiger charge is -2.69. The number of carbonyl (C=O) groups excluding carboxylic acids is 3. The number of allylic oxidation sites excluding steroid dienone is 1. The van der Waals surface area contributed by atoms with Gasteiger partial charge in [-0.1, -0.05) is 45.9 Å². The maximum absolute atomic E-state index is 14.9. The number of amides is 2. The maximum Gasteiger partial charge on any atom is 0.339 e. The summed E-state index contributed by atoms with van der Waals surface area (Å²) < 4.78 is 19.6. The van der Waals surface area contributed by atoms with Crippen molar-refractivity contribution in [3.05, 3.63) is 76.9 Å². The van der Waals surface area contributed by atoms with Gasteiger partial charge in [0.15, 0.2) is 0 Å². The lowest BCUT2D eigenvalue weighted by molar-refractivity contribution is -0.216. The quantitative estimate of drug-likeness (QED) is 0.176. The minimum absolute atomic E-state index is 0.0629. The molecule has 0 bridgehead atoms. The predicted molar refractivity (Wildman–Crippen MR) is 210 cm³/mol. The van der Waals surface area contributed by atoms with Crippen LogP contribution in [-0.4, -0.2) is 47.6 Å². The average molecular weight is 756 g/mol. The Morgan fingerprint density at radius 2 is 1.67 bits per heavy atom. The number of rotatable bonds is 9. The molecule has 2 amide bonds. The van der Waals surface area contributed by atoms with E-state index < -0.39 is 23.1 Å².